The molecule has 0 heterocycles. The molecule has 0 saturated heterocycles. The van der Waals surface area contributed by atoms with E-state index in [2.05, 4.69) is 6.92 Å². The maximum atomic E-state index is 12.1. The van der Waals surface area contributed by atoms with Crippen LogP contribution in [-0.2, 0) is 9.59 Å². The predicted molar refractivity (Wildman–Crippen MR) is 80.0 cm³/mol. The van der Waals surface area contributed by atoms with Crippen LogP contribution in [0.2, 0.25) is 0 Å². The number of Topliss-reactive ketones (excluding diaryl/α,β-unsaturated/α-hetero) is 2. The van der Waals surface area contributed by atoms with Crippen LogP contribution in [0.25, 0.3) is 0 Å². The maximum absolute atomic E-state index is 12.1. The number of unbranched alkanes of at least 4 members (excludes halogenated alkanes) is 3. The minimum absolute atomic E-state index is 0.0759. The third-order valence-electron chi connectivity index (χ3n) is 4.44. The number of allylic oxidation sites excluding steroid dienone is 4. The second-order valence-electron chi connectivity index (χ2n) is 5.97. The molecule has 0 aromatic carbocycles. The van der Waals surface area contributed by atoms with E-state index in [9.17, 15) is 19.8 Å². The lowest BCUT2D eigenvalue weighted by molar-refractivity contribution is -0.115. The van der Waals surface area contributed by atoms with Crippen molar-refractivity contribution >= 4 is 11.6 Å². The minimum Gasteiger partial charge on any atom is -0.512 e. The quantitative estimate of drug-likeness (QED) is 0.697. The zero-order valence-electron chi connectivity index (χ0n) is 12.7. The van der Waals surface area contributed by atoms with Gasteiger partial charge in [-0.15, -0.1) is 0 Å². The van der Waals surface area contributed by atoms with Gasteiger partial charge >= 0.3 is 0 Å². The summed E-state index contributed by atoms with van der Waals surface area (Å²) in [7, 11) is 0. The van der Waals surface area contributed by atoms with Crippen LogP contribution in [0.15, 0.2) is 22.7 Å². The van der Waals surface area contributed by atoms with E-state index in [-0.39, 0.29) is 23.1 Å². The predicted octanol–water partition coefficient (Wildman–Crippen LogP) is 3.92. The molecular weight excluding hydrogens is 268 g/mol. The van der Waals surface area contributed by atoms with Crippen LogP contribution in [-0.4, -0.2) is 21.8 Å². The smallest absolute Gasteiger partial charge is 0.163 e. The third kappa shape index (κ3) is 3.36. The maximum Gasteiger partial charge on any atom is 0.163 e. The van der Waals surface area contributed by atoms with Crippen molar-refractivity contribution < 1.29 is 19.8 Å². The van der Waals surface area contributed by atoms with Crippen LogP contribution in [0.4, 0.5) is 0 Å². The standard InChI is InChI=1S/C17H24O4/c1-2-3-4-5-6-11(16-12(18)7-8-13(16)19)17-14(20)9-10-15(17)21/h11,18,20H,2-10H2,1H3. The number of carbonyl (C=O) groups excluding carboxylic acids is 2. The molecule has 2 N–H and O–H groups in total. The summed E-state index contributed by atoms with van der Waals surface area (Å²) in [6.07, 6.45) is 6.17. The van der Waals surface area contributed by atoms with Gasteiger partial charge < -0.3 is 10.2 Å². The van der Waals surface area contributed by atoms with E-state index >= 15 is 0 Å². The second kappa shape index (κ2) is 6.92. The van der Waals surface area contributed by atoms with Crippen LogP contribution < -0.4 is 0 Å². The first-order valence-electron chi connectivity index (χ1n) is 7.96. The molecule has 0 radical (unpaired) electrons. The number of aliphatic hydroxyl groups is 2. The first kappa shape index (κ1) is 15.8. The summed E-state index contributed by atoms with van der Waals surface area (Å²) < 4.78 is 0. The molecule has 0 unspecified atom stereocenters. The van der Waals surface area contributed by atoms with Crippen LogP contribution in [0.3, 0.4) is 0 Å². The molecule has 21 heavy (non-hydrogen) atoms. The fourth-order valence-electron chi connectivity index (χ4n) is 3.32. The Balaban J connectivity index is 2.23. The van der Waals surface area contributed by atoms with Crippen LogP contribution in [0.1, 0.15) is 64.7 Å². The molecule has 0 aromatic heterocycles. The highest BCUT2D eigenvalue weighted by molar-refractivity contribution is 6.04. The molecular formula is C17H24O4. The van der Waals surface area contributed by atoms with Gasteiger partial charge in [0.25, 0.3) is 0 Å². The minimum atomic E-state index is -0.410. The van der Waals surface area contributed by atoms with Crippen molar-refractivity contribution in [1.29, 1.82) is 0 Å². The van der Waals surface area contributed by atoms with Gasteiger partial charge in [-0.25, -0.2) is 0 Å². The van der Waals surface area contributed by atoms with Crippen molar-refractivity contribution in [3.63, 3.8) is 0 Å². The highest BCUT2D eigenvalue weighted by Gasteiger charge is 2.37. The van der Waals surface area contributed by atoms with Crippen molar-refractivity contribution in [3.05, 3.63) is 22.7 Å². The van der Waals surface area contributed by atoms with E-state index in [4.69, 9.17) is 0 Å². The highest BCUT2D eigenvalue weighted by atomic mass is 16.3. The van der Waals surface area contributed by atoms with Gasteiger partial charge in [-0.3, -0.25) is 9.59 Å². The molecule has 4 nitrogen and oxygen atoms in total. The van der Waals surface area contributed by atoms with Crippen LogP contribution in [0, 0.1) is 5.92 Å². The van der Waals surface area contributed by atoms with Gasteiger partial charge in [0.05, 0.1) is 0 Å². The van der Waals surface area contributed by atoms with Crippen LogP contribution in [0.5, 0.6) is 0 Å². The lowest BCUT2D eigenvalue weighted by Crippen LogP contribution is -2.18. The average molecular weight is 292 g/mol. The van der Waals surface area contributed by atoms with Crippen molar-refractivity contribution in [1.82, 2.24) is 0 Å². The second-order valence-corrected chi connectivity index (χ2v) is 5.97. The average Bonchev–Trinajstić information content (AvgIpc) is 2.95. The van der Waals surface area contributed by atoms with Crippen molar-refractivity contribution in [2.75, 3.05) is 0 Å². The summed E-state index contributed by atoms with van der Waals surface area (Å²) >= 11 is 0. The molecule has 0 aliphatic heterocycles. The zero-order chi connectivity index (χ0) is 15.4. The lowest BCUT2D eigenvalue weighted by Gasteiger charge is -2.19. The molecule has 0 atom stereocenters. The molecule has 0 amide bonds. The Morgan fingerprint density at radius 3 is 1.76 bits per heavy atom. The van der Waals surface area contributed by atoms with Gasteiger partial charge in [-0.1, -0.05) is 32.6 Å². The summed E-state index contributed by atoms with van der Waals surface area (Å²) in [5, 5.41) is 20.0. The van der Waals surface area contributed by atoms with Gasteiger partial charge in [-0.05, 0) is 6.42 Å². The summed E-state index contributed by atoms with van der Waals surface area (Å²) in [4.78, 5) is 24.1. The number of rotatable bonds is 7. The summed E-state index contributed by atoms with van der Waals surface area (Å²) in [5.41, 5.74) is 0.756. The van der Waals surface area contributed by atoms with E-state index in [0.717, 1.165) is 25.7 Å². The van der Waals surface area contributed by atoms with Crippen molar-refractivity contribution in [3.8, 4) is 0 Å². The van der Waals surface area contributed by atoms with E-state index < -0.39 is 5.92 Å². The van der Waals surface area contributed by atoms with E-state index in [1.165, 1.54) is 0 Å². The Kier molecular flexibility index (Phi) is 5.21. The molecule has 2 rings (SSSR count). The van der Waals surface area contributed by atoms with E-state index in [0.29, 0.717) is 43.3 Å². The summed E-state index contributed by atoms with van der Waals surface area (Å²) in [6, 6.07) is 0. The zero-order valence-corrected chi connectivity index (χ0v) is 12.7. The molecule has 0 bridgehead atoms. The Bertz CT molecular complexity index is 459. The third-order valence-corrected chi connectivity index (χ3v) is 4.44. The largest absolute Gasteiger partial charge is 0.512 e. The fraction of sp³-hybridized carbons (Fsp3) is 0.647. The Hall–Kier alpha value is -1.58. The van der Waals surface area contributed by atoms with Crippen molar-refractivity contribution in [2.45, 2.75) is 64.7 Å². The van der Waals surface area contributed by atoms with Crippen LogP contribution >= 0.6 is 0 Å². The van der Waals surface area contributed by atoms with Crippen molar-refractivity contribution in [2.24, 2.45) is 5.92 Å². The monoisotopic (exact) mass is 292 g/mol. The number of carbonyl (C=O) groups is 2. The normalized spacial score (nSPS) is 19.5. The van der Waals surface area contributed by atoms with Gasteiger partial charge in [-0.2, -0.15) is 0 Å². The molecule has 116 valence electrons. The highest BCUT2D eigenvalue weighted by Crippen LogP contribution is 2.39. The SMILES string of the molecule is CCCCCCC(C1=C(O)CCC1=O)C1=C(O)CCC1=O. The van der Waals surface area contributed by atoms with Gasteiger partial charge in [0.2, 0.25) is 0 Å². The molecule has 0 fully saturated rings. The lowest BCUT2D eigenvalue weighted by atomic mass is 9.83. The molecule has 0 saturated carbocycles. The molecule has 0 aromatic rings. The van der Waals surface area contributed by atoms with Gasteiger partial charge in [0, 0.05) is 42.7 Å². The number of aliphatic hydroxyl groups excluding tert-OH is 2. The number of hydrogen-bond acceptors (Lipinski definition) is 4. The molecule has 2 aliphatic rings. The molecule has 2 aliphatic carbocycles. The Labute approximate surface area is 125 Å². The van der Waals surface area contributed by atoms with E-state index in [1.807, 2.05) is 0 Å². The van der Waals surface area contributed by atoms with Gasteiger partial charge in [0.1, 0.15) is 11.5 Å². The number of hydrogen-bond donors (Lipinski definition) is 2. The fourth-order valence-corrected chi connectivity index (χ4v) is 3.32. The molecule has 4 heteroatoms. The van der Waals surface area contributed by atoms with E-state index in [1.54, 1.807) is 0 Å². The molecule has 0 spiro atoms. The first-order chi connectivity index (χ1) is 10.1. The first-order valence-corrected chi connectivity index (χ1v) is 7.96. The Morgan fingerprint density at radius 2 is 1.38 bits per heavy atom. The Morgan fingerprint density at radius 1 is 0.857 bits per heavy atom. The summed E-state index contributed by atoms with van der Waals surface area (Å²) in [5.74, 6) is -0.339. The topological polar surface area (TPSA) is 74.6 Å². The summed E-state index contributed by atoms with van der Waals surface area (Å²) in [6.45, 7) is 2.13. The van der Waals surface area contributed by atoms with Gasteiger partial charge in [0.15, 0.2) is 11.6 Å². The number of ketones is 2.